The van der Waals surface area contributed by atoms with Crippen molar-refractivity contribution in [2.75, 3.05) is 59.8 Å². The van der Waals surface area contributed by atoms with Gasteiger partial charge in [-0.1, -0.05) is 43.3 Å². The van der Waals surface area contributed by atoms with E-state index in [-0.39, 0.29) is 29.9 Å². The van der Waals surface area contributed by atoms with Crippen molar-refractivity contribution < 1.29 is 28.6 Å². The van der Waals surface area contributed by atoms with E-state index in [0.717, 1.165) is 29.7 Å². The highest BCUT2D eigenvalue weighted by atomic mass is 16.6. The lowest BCUT2D eigenvalue weighted by molar-refractivity contribution is 0.0482. The maximum Gasteiger partial charge on any atom is 0.412 e. The van der Waals surface area contributed by atoms with Crippen LogP contribution in [-0.4, -0.2) is 85.1 Å². The summed E-state index contributed by atoms with van der Waals surface area (Å²) in [5.41, 5.74) is 8.60. The van der Waals surface area contributed by atoms with Crippen LogP contribution in [0, 0.1) is 5.92 Å². The molecule has 4 aromatic rings. The zero-order chi connectivity index (χ0) is 39.0. The smallest absolute Gasteiger partial charge is 0.412 e. The molecule has 55 heavy (non-hydrogen) atoms. The van der Waals surface area contributed by atoms with Crippen LogP contribution in [0.15, 0.2) is 85.5 Å². The molecular weight excluding hydrogens is 702 g/mol. The Hall–Kier alpha value is -6.09. The van der Waals surface area contributed by atoms with Gasteiger partial charge < -0.3 is 45.7 Å². The van der Waals surface area contributed by atoms with Crippen molar-refractivity contribution in [3.63, 3.8) is 0 Å². The molecule has 4 heterocycles. The quantitative estimate of drug-likeness (QED) is 0.143. The number of aromatic nitrogens is 2. The predicted molar refractivity (Wildman–Crippen MR) is 212 cm³/mol. The lowest BCUT2D eigenvalue weighted by Crippen LogP contribution is -2.63. The largest absolute Gasteiger partial charge is 0.444 e. The monoisotopic (exact) mass is 751 g/mol. The molecule has 3 amide bonds. The van der Waals surface area contributed by atoms with Crippen molar-refractivity contribution in [3.8, 4) is 0 Å². The number of pyridine rings is 2. The number of anilines is 4. The summed E-state index contributed by atoms with van der Waals surface area (Å²) >= 11 is 0. The van der Waals surface area contributed by atoms with E-state index in [9.17, 15) is 14.4 Å². The van der Waals surface area contributed by atoms with Gasteiger partial charge in [0.2, 0.25) is 0 Å². The average molecular weight is 752 g/mol. The first-order valence-corrected chi connectivity index (χ1v) is 18.4. The number of fused-ring (bicyclic) bond motifs is 1. The number of amides is 3. The number of nitrogens with one attached hydrogen (secondary N) is 4. The summed E-state index contributed by atoms with van der Waals surface area (Å²) in [4.78, 5) is 53.7. The molecule has 0 spiro atoms. The molecule has 15 heteroatoms. The minimum absolute atomic E-state index is 0.00703. The molecule has 2 saturated heterocycles. The first kappa shape index (κ1) is 38.6. The maximum atomic E-state index is 14.3. The predicted octanol–water partition coefficient (Wildman–Crippen LogP) is 5.20. The normalized spacial score (nSPS) is 18.8. The average Bonchev–Trinajstić information content (AvgIpc) is 3.16. The third-order valence-corrected chi connectivity index (χ3v) is 9.29. The number of hydrogen-bond donors (Lipinski definition) is 5. The number of nitrogens with zero attached hydrogens (tertiary/aromatic N) is 4. The number of piperidine rings is 1. The Kier molecular flexibility index (Phi) is 12.2. The van der Waals surface area contributed by atoms with Crippen LogP contribution < -0.4 is 36.8 Å². The van der Waals surface area contributed by atoms with Crippen LogP contribution in [-0.2, 0) is 20.8 Å². The van der Waals surface area contributed by atoms with Crippen LogP contribution in [0.2, 0.25) is 0 Å². The van der Waals surface area contributed by atoms with Crippen LogP contribution in [0.25, 0.3) is 10.9 Å². The van der Waals surface area contributed by atoms with E-state index in [4.69, 9.17) is 24.9 Å². The molecule has 0 bridgehead atoms. The minimum atomic E-state index is -0.732. The molecule has 6 rings (SSSR count). The lowest BCUT2D eigenvalue weighted by Gasteiger charge is -2.44. The molecule has 15 nitrogen and oxygen atoms in total. The first-order chi connectivity index (χ1) is 26.5. The fourth-order valence-corrected chi connectivity index (χ4v) is 6.77. The van der Waals surface area contributed by atoms with Crippen LogP contribution in [0.5, 0.6) is 0 Å². The summed E-state index contributed by atoms with van der Waals surface area (Å²) in [6.07, 6.45) is 5.00. The summed E-state index contributed by atoms with van der Waals surface area (Å²) in [6, 6.07) is 18.1. The fraction of sp³-hybridized carbons (Fsp3) is 0.375. The second-order valence-electron chi connectivity index (χ2n) is 14.6. The fourth-order valence-electron chi connectivity index (χ4n) is 6.77. The van der Waals surface area contributed by atoms with Crippen molar-refractivity contribution in [3.05, 3.63) is 96.7 Å². The lowest BCUT2D eigenvalue weighted by atomic mass is 9.89. The Morgan fingerprint density at radius 3 is 2.49 bits per heavy atom. The number of rotatable bonds is 10. The van der Waals surface area contributed by atoms with Crippen LogP contribution >= 0.6 is 0 Å². The topological polar surface area (TPSA) is 185 Å². The Balaban J connectivity index is 1.28. The van der Waals surface area contributed by atoms with Crippen molar-refractivity contribution in [1.82, 2.24) is 20.6 Å². The first-order valence-electron chi connectivity index (χ1n) is 18.4. The Labute approximate surface area is 320 Å². The molecule has 3 atom stereocenters. The van der Waals surface area contributed by atoms with Gasteiger partial charge in [0.15, 0.2) is 5.69 Å². The molecule has 2 fully saturated rings. The van der Waals surface area contributed by atoms with Gasteiger partial charge in [-0.15, -0.1) is 0 Å². The molecule has 6 N–H and O–H groups in total. The van der Waals surface area contributed by atoms with E-state index in [1.807, 2.05) is 75.4 Å². The van der Waals surface area contributed by atoms with E-state index >= 15 is 0 Å². The van der Waals surface area contributed by atoms with Crippen molar-refractivity contribution in [1.29, 1.82) is 0 Å². The standard InChI is InChI=1S/C40H49N9O6/c1-26-23-49(24-33(35(26)43-15-13-41)47-39(52)55-40(2,3)4)34-12-14-42-22-32(34)45-37(50)36-31(46-38(51)54-25-27-8-6-5-7-9-27)20-28-10-11-29(21-30(28)44-36)48-16-18-53-19-17-48/h5-15,20-22,26,33,35,43H,16-19,23-25,41H2,1-4H3,(H,45,50)(H,46,51)(H,47,52)/b15-13-/t26-,33+,35-/m0/s1. The summed E-state index contributed by atoms with van der Waals surface area (Å²) in [6.45, 7) is 11.2. The molecular formula is C40H49N9O6. The molecule has 2 aromatic heterocycles. The Morgan fingerprint density at radius 2 is 1.75 bits per heavy atom. The molecule has 0 unspecified atom stereocenters. The number of benzene rings is 2. The highest BCUT2D eigenvalue weighted by molar-refractivity contribution is 6.11. The second kappa shape index (κ2) is 17.4. The number of nitrogens with two attached hydrogens (primary N) is 1. The van der Waals surface area contributed by atoms with Gasteiger partial charge in [0.05, 0.1) is 54.1 Å². The number of morpholine rings is 1. The molecule has 2 aromatic carbocycles. The molecule has 0 aliphatic carbocycles. The van der Waals surface area contributed by atoms with Crippen molar-refractivity contribution in [2.45, 2.75) is 52.0 Å². The zero-order valence-electron chi connectivity index (χ0n) is 31.6. The Bertz CT molecular complexity index is 2000. The molecule has 0 radical (unpaired) electrons. The van der Waals surface area contributed by atoms with Crippen LogP contribution in [0.3, 0.4) is 0 Å². The number of ether oxygens (including phenoxy) is 3. The van der Waals surface area contributed by atoms with Crippen molar-refractivity contribution in [2.24, 2.45) is 11.7 Å². The van der Waals surface area contributed by atoms with Gasteiger partial charge in [-0.25, -0.2) is 14.6 Å². The van der Waals surface area contributed by atoms with Gasteiger partial charge in [0, 0.05) is 55.8 Å². The number of alkyl carbamates (subject to hydrolysis) is 1. The summed E-state index contributed by atoms with van der Waals surface area (Å²) in [7, 11) is 0. The van der Waals surface area contributed by atoms with E-state index in [1.54, 1.807) is 24.7 Å². The Morgan fingerprint density at radius 1 is 0.964 bits per heavy atom. The minimum Gasteiger partial charge on any atom is -0.444 e. The second-order valence-corrected chi connectivity index (χ2v) is 14.6. The SMILES string of the molecule is C[C@H]1CN(c2ccncc2NC(=O)c2nc3cc(N4CCOCC4)ccc3cc2NC(=O)OCc2ccccc2)C[C@@H](NC(=O)OC(C)(C)C)[C@H]1N/C=C\N. The number of carbonyl (C=O) groups is 3. The van der Waals surface area contributed by atoms with Crippen LogP contribution in [0.1, 0.15) is 43.7 Å². The van der Waals surface area contributed by atoms with Crippen molar-refractivity contribution >= 4 is 51.7 Å². The highest BCUT2D eigenvalue weighted by Gasteiger charge is 2.37. The van der Waals surface area contributed by atoms with E-state index in [2.05, 4.69) is 43.0 Å². The third-order valence-electron chi connectivity index (χ3n) is 9.29. The van der Waals surface area contributed by atoms with Gasteiger partial charge in [-0.2, -0.15) is 0 Å². The van der Waals surface area contributed by atoms with Gasteiger partial charge in [-0.05, 0) is 56.5 Å². The van der Waals surface area contributed by atoms with Gasteiger partial charge >= 0.3 is 12.2 Å². The summed E-state index contributed by atoms with van der Waals surface area (Å²) in [5.74, 6) is -0.547. The van der Waals surface area contributed by atoms with Gasteiger partial charge in [-0.3, -0.25) is 15.1 Å². The summed E-state index contributed by atoms with van der Waals surface area (Å²) in [5, 5.41) is 12.8. The number of hydrogen-bond acceptors (Lipinski definition) is 12. The highest BCUT2D eigenvalue weighted by Crippen LogP contribution is 2.32. The molecule has 2 aliphatic heterocycles. The molecule has 290 valence electrons. The maximum absolute atomic E-state index is 14.3. The van der Waals surface area contributed by atoms with Gasteiger partial charge in [0.1, 0.15) is 12.2 Å². The van der Waals surface area contributed by atoms with Gasteiger partial charge in [0.25, 0.3) is 5.91 Å². The van der Waals surface area contributed by atoms with E-state index in [1.165, 1.54) is 6.20 Å². The third kappa shape index (κ3) is 10.1. The molecule has 0 saturated carbocycles. The zero-order valence-corrected chi connectivity index (χ0v) is 31.6. The van der Waals surface area contributed by atoms with Crippen LogP contribution in [0.4, 0.5) is 32.3 Å². The molecule has 2 aliphatic rings. The van der Waals surface area contributed by atoms with E-state index < -0.39 is 29.7 Å². The van der Waals surface area contributed by atoms with E-state index in [0.29, 0.717) is 43.2 Å². The number of carbonyl (C=O) groups excluding carboxylic acids is 3. The summed E-state index contributed by atoms with van der Waals surface area (Å²) < 4.78 is 16.6.